The molecule has 0 heterocycles. The standard InChI is InChI=1S/C12H23NO/c1-4-13-11-5-7-12(14,8-6-11)9-10(2)3/h9,11,13-14H,4-8H2,1-3H3. The molecule has 0 bridgehead atoms. The van der Waals surface area contributed by atoms with Gasteiger partial charge in [0.15, 0.2) is 0 Å². The zero-order valence-electron chi connectivity index (χ0n) is 9.64. The molecule has 0 unspecified atom stereocenters. The van der Waals surface area contributed by atoms with Crippen LogP contribution in [0.5, 0.6) is 0 Å². The molecule has 2 N–H and O–H groups in total. The highest BCUT2D eigenvalue weighted by Crippen LogP contribution is 2.30. The summed E-state index contributed by atoms with van der Waals surface area (Å²) in [7, 11) is 0. The van der Waals surface area contributed by atoms with E-state index >= 15 is 0 Å². The summed E-state index contributed by atoms with van der Waals surface area (Å²) in [6.07, 6.45) is 6.00. The SMILES string of the molecule is CCNC1CCC(O)(C=C(C)C)CC1. The van der Waals surface area contributed by atoms with Crippen LogP contribution in [0.2, 0.25) is 0 Å². The van der Waals surface area contributed by atoms with Crippen LogP contribution in [0.3, 0.4) is 0 Å². The smallest absolute Gasteiger partial charge is 0.0831 e. The van der Waals surface area contributed by atoms with E-state index in [1.165, 1.54) is 5.57 Å². The minimum Gasteiger partial charge on any atom is -0.386 e. The van der Waals surface area contributed by atoms with E-state index in [-0.39, 0.29) is 0 Å². The summed E-state index contributed by atoms with van der Waals surface area (Å²) in [5.74, 6) is 0. The van der Waals surface area contributed by atoms with Gasteiger partial charge in [-0.25, -0.2) is 0 Å². The van der Waals surface area contributed by atoms with Gasteiger partial charge in [-0.3, -0.25) is 0 Å². The monoisotopic (exact) mass is 197 g/mol. The van der Waals surface area contributed by atoms with Crippen molar-refractivity contribution in [3.63, 3.8) is 0 Å². The lowest BCUT2D eigenvalue weighted by molar-refractivity contribution is 0.0413. The van der Waals surface area contributed by atoms with Crippen molar-refractivity contribution in [1.82, 2.24) is 5.32 Å². The van der Waals surface area contributed by atoms with Crippen molar-refractivity contribution in [3.05, 3.63) is 11.6 Å². The van der Waals surface area contributed by atoms with Gasteiger partial charge in [-0.2, -0.15) is 0 Å². The Bertz CT molecular complexity index is 198. The van der Waals surface area contributed by atoms with E-state index in [1.54, 1.807) is 0 Å². The third-order valence-electron chi connectivity index (χ3n) is 2.90. The summed E-state index contributed by atoms with van der Waals surface area (Å²) < 4.78 is 0. The van der Waals surface area contributed by atoms with Gasteiger partial charge in [-0.1, -0.05) is 18.6 Å². The number of hydrogen-bond acceptors (Lipinski definition) is 2. The first kappa shape index (κ1) is 11.7. The average Bonchev–Trinajstić information content (AvgIpc) is 2.08. The lowest BCUT2D eigenvalue weighted by Crippen LogP contribution is -2.40. The van der Waals surface area contributed by atoms with Crippen LogP contribution in [0.15, 0.2) is 11.6 Å². The van der Waals surface area contributed by atoms with Gasteiger partial charge in [0, 0.05) is 6.04 Å². The van der Waals surface area contributed by atoms with Gasteiger partial charge in [0.2, 0.25) is 0 Å². The van der Waals surface area contributed by atoms with Crippen LogP contribution in [-0.2, 0) is 0 Å². The molecule has 0 radical (unpaired) electrons. The molecular weight excluding hydrogens is 174 g/mol. The maximum atomic E-state index is 10.2. The van der Waals surface area contributed by atoms with Crippen molar-refractivity contribution in [1.29, 1.82) is 0 Å². The van der Waals surface area contributed by atoms with Crippen molar-refractivity contribution in [2.75, 3.05) is 6.54 Å². The van der Waals surface area contributed by atoms with Gasteiger partial charge < -0.3 is 10.4 Å². The minimum absolute atomic E-state index is 0.523. The molecule has 1 aliphatic rings. The molecule has 2 heteroatoms. The van der Waals surface area contributed by atoms with Gasteiger partial charge in [-0.15, -0.1) is 0 Å². The van der Waals surface area contributed by atoms with Crippen molar-refractivity contribution >= 4 is 0 Å². The molecule has 0 atom stereocenters. The van der Waals surface area contributed by atoms with Crippen LogP contribution in [0.4, 0.5) is 0 Å². The highest BCUT2D eigenvalue weighted by Gasteiger charge is 2.30. The molecule has 1 aliphatic carbocycles. The summed E-state index contributed by atoms with van der Waals surface area (Å²) in [5, 5.41) is 13.7. The molecule has 0 spiro atoms. The van der Waals surface area contributed by atoms with E-state index in [9.17, 15) is 5.11 Å². The lowest BCUT2D eigenvalue weighted by atomic mass is 9.81. The van der Waals surface area contributed by atoms with Crippen molar-refractivity contribution in [3.8, 4) is 0 Å². The molecule has 0 aromatic heterocycles. The number of aliphatic hydroxyl groups is 1. The van der Waals surface area contributed by atoms with Crippen LogP contribution in [0.25, 0.3) is 0 Å². The molecule has 0 aliphatic heterocycles. The molecule has 0 saturated heterocycles. The Morgan fingerprint density at radius 1 is 1.43 bits per heavy atom. The fourth-order valence-electron chi connectivity index (χ4n) is 2.29. The van der Waals surface area contributed by atoms with Crippen LogP contribution in [0, 0.1) is 0 Å². The van der Waals surface area contributed by atoms with Gasteiger partial charge >= 0.3 is 0 Å². The molecule has 2 nitrogen and oxygen atoms in total. The maximum absolute atomic E-state index is 10.2. The average molecular weight is 197 g/mol. The molecular formula is C12H23NO. The fourth-order valence-corrected chi connectivity index (χ4v) is 2.29. The van der Waals surface area contributed by atoms with Gasteiger partial charge in [-0.05, 0) is 46.1 Å². The molecule has 0 amide bonds. The number of allylic oxidation sites excluding steroid dienone is 1. The normalized spacial score (nSPS) is 32.7. The van der Waals surface area contributed by atoms with Crippen LogP contribution < -0.4 is 5.32 Å². The highest BCUT2D eigenvalue weighted by atomic mass is 16.3. The van der Waals surface area contributed by atoms with Crippen LogP contribution in [-0.4, -0.2) is 23.3 Å². The topological polar surface area (TPSA) is 32.3 Å². The van der Waals surface area contributed by atoms with E-state index in [0.29, 0.717) is 6.04 Å². The first-order valence-electron chi connectivity index (χ1n) is 5.67. The van der Waals surface area contributed by atoms with E-state index < -0.39 is 5.60 Å². The number of hydrogen-bond donors (Lipinski definition) is 2. The Balaban J connectivity index is 2.45. The molecule has 0 aromatic carbocycles. The molecule has 1 fully saturated rings. The van der Waals surface area contributed by atoms with Crippen LogP contribution in [0.1, 0.15) is 46.5 Å². The Hall–Kier alpha value is -0.340. The van der Waals surface area contributed by atoms with Crippen molar-refractivity contribution in [2.45, 2.75) is 58.1 Å². The minimum atomic E-state index is -0.523. The summed E-state index contributed by atoms with van der Waals surface area (Å²) in [6.45, 7) is 7.27. The first-order valence-corrected chi connectivity index (χ1v) is 5.67. The summed E-state index contributed by atoms with van der Waals surface area (Å²) >= 11 is 0. The molecule has 0 aromatic rings. The zero-order valence-corrected chi connectivity index (χ0v) is 9.64. The largest absolute Gasteiger partial charge is 0.386 e. The van der Waals surface area contributed by atoms with E-state index in [2.05, 4.69) is 12.2 Å². The van der Waals surface area contributed by atoms with Crippen molar-refractivity contribution < 1.29 is 5.11 Å². The van der Waals surface area contributed by atoms with Gasteiger partial charge in [0.1, 0.15) is 0 Å². The quantitative estimate of drug-likeness (QED) is 0.680. The second-order valence-corrected chi connectivity index (χ2v) is 4.66. The fraction of sp³-hybridized carbons (Fsp3) is 0.833. The summed E-state index contributed by atoms with van der Waals surface area (Å²) in [5.41, 5.74) is 0.694. The van der Waals surface area contributed by atoms with Crippen molar-refractivity contribution in [2.24, 2.45) is 0 Å². The predicted molar refractivity (Wildman–Crippen MR) is 60.3 cm³/mol. The lowest BCUT2D eigenvalue weighted by Gasteiger charge is -2.34. The molecule has 1 rings (SSSR count). The Kier molecular flexibility index (Phi) is 4.14. The number of nitrogens with one attached hydrogen (secondary N) is 1. The Morgan fingerprint density at radius 2 is 2.00 bits per heavy atom. The summed E-state index contributed by atoms with van der Waals surface area (Å²) in [4.78, 5) is 0. The third kappa shape index (κ3) is 3.43. The maximum Gasteiger partial charge on any atom is 0.0831 e. The van der Waals surface area contributed by atoms with E-state index in [0.717, 1.165) is 32.2 Å². The highest BCUT2D eigenvalue weighted by molar-refractivity contribution is 5.08. The molecule has 1 saturated carbocycles. The van der Waals surface area contributed by atoms with Gasteiger partial charge in [0.25, 0.3) is 0 Å². The molecule has 82 valence electrons. The van der Waals surface area contributed by atoms with Crippen LogP contribution >= 0.6 is 0 Å². The second kappa shape index (κ2) is 4.94. The Labute approximate surface area is 87.4 Å². The second-order valence-electron chi connectivity index (χ2n) is 4.66. The van der Waals surface area contributed by atoms with Gasteiger partial charge in [0.05, 0.1) is 5.60 Å². The number of rotatable bonds is 3. The van der Waals surface area contributed by atoms with E-state index in [1.807, 2.05) is 19.9 Å². The molecule has 14 heavy (non-hydrogen) atoms. The summed E-state index contributed by atoms with van der Waals surface area (Å²) in [6, 6.07) is 0.617. The van der Waals surface area contributed by atoms with E-state index in [4.69, 9.17) is 0 Å². The zero-order chi connectivity index (χ0) is 10.6. The Morgan fingerprint density at radius 3 is 2.43 bits per heavy atom. The first-order chi connectivity index (χ1) is 6.56. The predicted octanol–water partition coefficient (Wildman–Crippen LogP) is 2.24. The third-order valence-corrected chi connectivity index (χ3v) is 2.90.